The number of benzene rings is 1. The van der Waals surface area contributed by atoms with Crippen LogP contribution in [0.3, 0.4) is 0 Å². The van der Waals surface area contributed by atoms with Crippen molar-refractivity contribution in [1.82, 2.24) is 20.8 Å². The molecule has 2 saturated heterocycles. The highest BCUT2D eigenvalue weighted by atomic mass is 31.2. The SMILES string of the molecule is CCCc1cnc(N2CCP(=O)(c3cc(CC4NNC(=O)C5CCCCC45)ccc3F)CC2)nc1. The second-order valence-electron chi connectivity index (χ2n) is 10.2. The number of aryl methyl sites for hydroxylation is 1. The van der Waals surface area contributed by atoms with E-state index in [2.05, 4.69) is 27.7 Å². The van der Waals surface area contributed by atoms with Gasteiger partial charge in [0.25, 0.3) is 0 Å². The Labute approximate surface area is 206 Å². The maximum absolute atomic E-state index is 15.0. The Bertz CT molecular complexity index is 1100. The minimum absolute atomic E-state index is 0.0517. The summed E-state index contributed by atoms with van der Waals surface area (Å²) in [7, 11) is -2.86. The van der Waals surface area contributed by atoms with E-state index in [1.165, 1.54) is 6.07 Å². The van der Waals surface area contributed by atoms with E-state index in [1.807, 2.05) is 23.4 Å². The molecule has 1 aromatic carbocycles. The zero-order valence-electron chi connectivity index (χ0n) is 20.4. The van der Waals surface area contributed by atoms with Crippen LogP contribution in [0.4, 0.5) is 10.3 Å². The smallest absolute Gasteiger partial charge is 0.237 e. The molecule has 188 valence electrons. The van der Waals surface area contributed by atoms with Gasteiger partial charge in [-0.15, -0.1) is 0 Å². The third-order valence-corrected chi connectivity index (χ3v) is 11.0. The summed E-state index contributed by atoms with van der Waals surface area (Å²) in [5, 5.41) is 0.369. The van der Waals surface area contributed by atoms with Crippen LogP contribution in [0.15, 0.2) is 30.6 Å². The number of hydrogen-bond acceptors (Lipinski definition) is 6. The first-order valence-electron chi connectivity index (χ1n) is 12.9. The minimum Gasteiger partial charge on any atom is -0.340 e. The lowest BCUT2D eigenvalue weighted by Crippen LogP contribution is -2.60. The lowest BCUT2D eigenvalue weighted by molar-refractivity contribution is -0.133. The summed E-state index contributed by atoms with van der Waals surface area (Å²) < 4.78 is 28.9. The van der Waals surface area contributed by atoms with Gasteiger partial charge in [0, 0.05) is 55.1 Å². The quantitative estimate of drug-likeness (QED) is 0.593. The molecule has 9 heteroatoms. The van der Waals surface area contributed by atoms with Crippen LogP contribution >= 0.6 is 7.14 Å². The van der Waals surface area contributed by atoms with E-state index >= 15 is 0 Å². The van der Waals surface area contributed by atoms with E-state index in [0.717, 1.165) is 49.7 Å². The summed E-state index contributed by atoms with van der Waals surface area (Å²) in [5.41, 5.74) is 8.12. The second-order valence-corrected chi connectivity index (χ2v) is 13.4. The van der Waals surface area contributed by atoms with Crippen LogP contribution in [0.1, 0.15) is 50.2 Å². The Morgan fingerprint density at radius 3 is 2.60 bits per heavy atom. The lowest BCUT2D eigenvalue weighted by atomic mass is 9.72. The fourth-order valence-corrected chi connectivity index (χ4v) is 8.64. The first-order chi connectivity index (χ1) is 17.0. The normalized spacial score (nSPS) is 26.2. The number of hydrogen-bond donors (Lipinski definition) is 2. The van der Waals surface area contributed by atoms with Crippen LogP contribution in [0.25, 0.3) is 0 Å². The summed E-state index contributed by atoms with van der Waals surface area (Å²) in [6.45, 7) is 3.22. The number of rotatable bonds is 6. The first-order valence-corrected chi connectivity index (χ1v) is 15.0. The standard InChI is InChI=1S/C26H35FN5O2P/c1-2-5-19-16-28-26(29-17-19)32-10-12-35(34,13-11-32)24-15-18(8-9-22(24)27)14-23-20-6-3-4-7-21(20)25(33)31-30-23/h8-9,15-17,20-21,23,30H,2-7,10-14H2,1H3,(H,31,33). The predicted octanol–water partition coefficient (Wildman–Crippen LogP) is 3.43. The van der Waals surface area contributed by atoms with Gasteiger partial charge >= 0.3 is 0 Å². The summed E-state index contributed by atoms with van der Waals surface area (Å²) in [6.07, 6.45) is 11.4. The molecule has 2 aromatic rings. The molecule has 2 aliphatic heterocycles. The Hall–Kier alpha value is -2.31. The summed E-state index contributed by atoms with van der Waals surface area (Å²) in [5.74, 6) is 0.694. The number of nitrogens with one attached hydrogen (secondary N) is 2. The maximum atomic E-state index is 15.0. The van der Waals surface area contributed by atoms with Gasteiger partial charge in [-0.25, -0.2) is 19.8 Å². The van der Waals surface area contributed by atoms with E-state index in [4.69, 9.17) is 0 Å². The topological polar surface area (TPSA) is 87.2 Å². The number of anilines is 1. The van der Waals surface area contributed by atoms with Crippen molar-refractivity contribution in [2.24, 2.45) is 11.8 Å². The number of fused-ring (bicyclic) bond motifs is 1. The molecule has 0 radical (unpaired) electrons. The monoisotopic (exact) mass is 499 g/mol. The Morgan fingerprint density at radius 2 is 1.86 bits per heavy atom. The minimum atomic E-state index is -2.86. The highest BCUT2D eigenvalue weighted by Crippen LogP contribution is 2.47. The van der Waals surface area contributed by atoms with Crippen LogP contribution in [-0.4, -0.2) is 47.3 Å². The predicted molar refractivity (Wildman–Crippen MR) is 136 cm³/mol. The highest BCUT2D eigenvalue weighted by Gasteiger charge is 2.40. The summed E-state index contributed by atoms with van der Waals surface area (Å²) in [4.78, 5) is 23.3. The average molecular weight is 500 g/mol. The number of nitrogens with zero attached hydrogens (tertiary/aromatic N) is 3. The van der Waals surface area contributed by atoms with Crippen molar-refractivity contribution in [3.05, 3.63) is 47.5 Å². The van der Waals surface area contributed by atoms with Gasteiger partial charge in [-0.3, -0.25) is 10.2 Å². The molecular weight excluding hydrogens is 464 g/mol. The van der Waals surface area contributed by atoms with Gasteiger partial charge in [0.1, 0.15) is 13.0 Å². The van der Waals surface area contributed by atoms with E-state index in [9.17, 15) is 13.8 Å². The van der Waals surface area contributed by atoms with Crippen molar-refractivity contribution in [3.63, 3.8) is 0 Å². The Morgan fingerprint density at radius 1 is 1.11 bits per heavy atom. The molecule has 3 fully saturated rings. The van der Waals surface area contributed by atoms with Crippen molar-refractivity contribution in [2.75, 3.05) is 30.3 Å². The molecular formula is C26H35FN5O2P. The molecule has 0 spiro atoms. The molecule has 3 aliphatic rings. The van der Waals surface area contributed by atoms with Crippen molar-refractivity contribution in [1.29, 1.82) is 0 Å². The van der Waals surface area contributed by atoms with E-state index in [0.29, 0.717) is 43.1 Å². The van der Waals surface area contributed by atoms with E-state index < -0.39 is 7.14 Å². The van der Waals surface area contributed by atoms with Gasteiger partial charge < -0.3 is 9.46 Å². The van der Waals surface area contributed by atoms with Crippen LogP contribution in [0.5, 0.6) is 0 Å². The second kappa shape index (κ2) is 10.4. The number of carbonyl (C=O) groups excluding carboxylic acids is 1. The molecule has 7 nitrogen and oxygen atoms in total. The van der Waals surface area contributed by atoms with Crippen LogP contribution in [0, 0.1) is 17.7 Å². The largest absolute Gasteiger partial charge is 0.340 e. The van der Waals surface area contributed by atoms with Gasteiger partial charge in [0.2, 0.25) is 11.9 Å². The molecule has 3 heterocycles. The number of carbonyl (C=O) groups is 1. The van der Waals surface area contributed by atoms with Gasteiger partial charge in [0.15, 0.2) is 0 Å². The average Bonchev–Trinajstić information content (AvgIpc) is 2.88. The Balaban J connectivity index is 1.28. The number of amides is 1. The summed E-state index contributed by atoms with van der Waals surface area (Å²) in [6, 6.07) is 5.18. The van der Waals surface area contributed by atoms with Gasteiger partial charge in [-0.1, -0.05) is 32.3 Å². The fourth-order valence-electron chi connectivity index (χ4n) is 5.94. The lowest BCUT2D eigenvalue weighted by Gasteiger charge is -2.41. The first kappa shape index (κ1) is 24.4. The zero-order valence-corrected chi connectivity index (χ0v) is 21.3. The Kier molecular flexibility index (Phi) is 7.21. The van der Waals surface area contributed by atoms with Crippen molar-refractivity contribution < 1.29 is 13.8 Å². The van der Waals surface area contributed by atoms with Crippen molar-refractivity contribution in [3.8, 4) is 0 Å². The molecule has 3 unspecified atom stereocenters. The van der Waals surface area contributed by atoms with Crippen LogP contribution in [-0.2, 0) is 22.2 Å². The van der Waals surface area contributed by atoms with Crippen LogP contribution < -0.4 is 21.1 Å². The molecule has 5 rings (SSSR count). The van der Waals surface area contributed by atoms with E-state index in [1.54, 1.807) is 6.07 Å². The fraction of sp³-hybridized carbons (Fsp3) is 0.577. The number of halogens is 1. The molecule has 1 amide bonds. The zero-order chi connectivity index (χ0) is 24.4. The molecule has 1 aliphatic carbocycles. The van der Waals surface area contributed by atoms with E-state index in [-0.39, 0.29) is 29.6 Å². The molecule has 3 atom stereocenters. The number of hydrazine groups is 1. The maximum Gasteiger partial charge on any atom is 0.237 e. The highest BCUT2D eigenvalue weighted by molar-refractivity contribution is 7.71. The molecule has 1 aromatic heterocycles. The summed E-state index contributed by atoms with van der Waals surface area (Å²) >= 11 is 0. The van der Waals surface area contributed by atoms with Gasteiger partial charge in [-0.2, -0.15) is 0 Å². The van der Waals surface area contributed by atoms with Crippen molar-refractivity contribution >= 4 is 24.3 Å². The third kappa shape index (κ3) is 5.14. The van der Waals surface area contributed by atoms with Crippen LogP contribution in [0.2, 0.25) is 0 Å². The molecule has 35 heavy (non-hydrogen) atoms. The van der Waals surface area contributed by atoms with Crippen molar-refractivity contribution in [2.45, 2.75) is 57.9 Å². The molecule has 0 bridgehead atoms. The van der Waals surface area contributed by atoms with Gasteiger partial charge in [0.05, 0.1) is 0 Å². The van der Waals surface area contributed by atoms with Gasteiger partial charge in [-0.05, 0) is 54.9 Å². The number of aromatic nitrogens is 2. The molecule has 1 saturated carbocycles. The molecule has 2 N–H and O–H groups in total. The third-order valence-electron chi connectivity index (χ3n) is 7.93.